The molecule has 4 heterocycles. The van der Waals surface area contributed by atoms with Crippen LogP contribution in [0.5, 0.6) is 0 Å². The summed E-state index contributed by atoms with van der Waals surface area (Å²) >= 11 is 0. The van der Waals surface area contributed by atoms with E-state index in [9.17, 15) is 14.0 Å². The lowest BCUT2D eigenvalue weighted by Gasteiger charge is -2.35. The first kappa shape index (κ1) is 17.1. The Morgan fingerprint density at radius 1 is 1.10 bits per heavy atom. The molecule has 29 heavy (non-hydrogen) atoms. The molecule has 2 aromatic rings. The molecule has 0 saturated carbocycles. The van der Waals surface area contributed by atoms with Crippen molar-refractivity contribution in [3.8, 4) is 0 Å². The molecule has 0 radical (unpaired) electrons. The summed E-state index contributed by atoms with van der Waals surface area (Å²) in [6.45, 7) is 0.302. The van der Waals surface area contributed by atoms with E-state index in [-0.39, 0.29) is 35.5 Å². The molecule has 5 nitrogen and oxygen atoms in total. The summed E-state index contributed by atoms with van der Waals surface area (Å²) in [6.07, 6.45) is 2.88. The molecule has 2 aromatic carbocycles. The van der Waals surface area contributed by atoms with E-state index in [1.165, 1.54) is 24.3 Å². The largest absolute Gasteiger partial charge is 0.353 e. The molecule has 146 valence electrons. The molecule has 3 fully saturated rings. The first-order chi connectivity index (χ1) is 14.1. The second-order valence-electron chi connectivity index (χ2n) is 7.98. The Balaban J connectivity index is 1.52. The maximum Gasteiger partial charge on any atom is 0.218 e. The number of hydrogen-bond acceptors (Lipinski definition) is 5. The van der Waals surface area contributed by atoms with Crippen molar-refractivity contribution in [2.75, 3.05) is 11.5 Å². The molecule has 0 aliphatic carbocycles. The van der Waals surface area contributed by atoms with Gasteiger partial charge in [0.15, 0.2) is 11.6 Å². The number of anilines is 1. The van der Waals surface area contributed by atoms with E-state index >= 15 is 0 Å². The quantitative estimate of drug-likeness (QED) is 0.737. The molecule has 6 heteroatoms. The minimum Gasteiger partial charge on any atom is -0.353 e. The van der Waals surface area contributed by atoms with E-state index in [1.54, 1.807) is 0 Å². The summed E-state index contributed by atoms with van der Waals surface area (Å²) in [5.41, 5.74) is 2.37. The summed E-state index contributed by atoms with van der Waals surface area (Å²) in [6, 6.07) is 12.6. The second kappa shape index (κ2) is 6.08. The van der Waals surface area contributed by atoms with Gasteiger partial charge in [-0.3, -0.25) is 9.59 Å². The van der Waals surface area contributed by atoms with Crippen LogP contribution < -0.4 is 4.90 Å². The van der Waals surface area contributed by atoms with Crippen LogP contribution >= 0.6 is 0 Å². The van der Waals surface area contributed by atoms with Crippen molar-refractivity contribution in [2.45, 2.75) is 24.5 Å². The Labute approximate surface area is 166 Å². The van der Waals surface area contributed by atoms with Crippen molar-refractivity contribution in [3.63, 3.8) is 0 Å². The summed E-state index contributed by atoms with van der Waals surface area (Å²) in [7, 11) is 0. The van der Waals surface area contributed by atoms with Crippen LogP contribution in [0.3, 0.4) is 0 Å². The van der Waals surface area contributed by atoms with Gasteiger partial charge in [-0.2, -0.15) is 0 Å². The lowest BCUT2D eigenvalue weighted by atomic mass is 9.77. The van der Waals surface area contributed by atoms with Gasteiger partial charge >= 0.3 is 0 Å². The van der Waals surface area contributed by atoms with E-state index in [1.807, 2.05) is 36.4 Å². The normalized spacial score (nSPS) is 34.0. The van der Waals surface area contributed by atoms with Gasteiger partial charge in [0, 0.05) is 17.2 Å². The van der Waals surface area contributed by atoms with Gasteiger partial charge in [-0.15, -0.1) is 0 Å². The monoisotopic (exact) mass is 391 g/mol. The van der Waals surface area contributed by atoms with Crippen LogP contribution in [-0.4, -0.2) is 42.7 Å². The van der Waals surface area contributed by atoms with Crippen molar-refractivity contribution in [1.82, 2.24) is 0 Å². The standard InChI is InChI=1S/C23H18FNO4/c24-14-8-5-13(6-9-14)21(26)20-19-17-11-28-23(29-17)22(27)18(19)16-10-7-12-3-1-2-4-15(12)25(16)20/h1-10,16-20,23H,11H2/t16-,17-,18-,19-,20-,23-/m0/s1. The number of rotatable bonds is 2. The number of ketones is 2. The highest BCUT2D eigenvalue weighted by Crippen LogP contribution is 2.50. The predicted molar refractivity (Wildman–Crippen MR) is 103 cm³/mol. The van der Waals surface area contributed by atoms with E-state index in [0.29, 0.717) is 12.2 Å². The summed E-state index contributed by atoms with van der Waals surface area (Å²) in [5.74, 6) is -1.32. The highest BCUT2D eigenvalue weighted by molar-refractivity contribution is 6.05. The van der Waals surface area contributed by atoms with Crippen molar-refractivity contribution in [3.05, 3.63) is 71.6 Å². The van der Waals surface area contributed by atoms with E-state index in [4.69, 9.17) is 9.47 Å². The predicted octanol–water partition coefficient (Wildman–Crippen LogP) is 2.85. The van der Waals surface area contributed by atoms with Crippen molar-refractivity contribution >= 4 is 23.3 Å². The van der Waals surface area contributed by atoms with Crippen LogP contribution in [-0.2, 0) is 14.3 Å². The van der Waals surface area contributed by atoms with Crippen molar-refractivity contribution < 1.29 is 23.5 Å². The van der Waals surface area contributed by atoms with Gasteiger partial charge < -0.3 is 14.4 Å². The van der Waals surface area contributed by atoms with Gasteiger partial charge in [0.25, 0.3) is 0 Å². The van der Waals surface area contributed by atoms with Crippen molar-refractivity contribution in [1.29, 1.82) is 0 Å². The third-order valence-corrected chi connectivity index (χ3v) is 6.55. The summed E-state index contributed by atoms with van der Waals surface area (Å²) in [4.78, 5) is 28.8. The Morgan fingerprint density at radius 3 is 2.72 bits per heavy atom. The van der Waals surface area contributed by atoms with Crippen molar-refractivity contribution in [2.24, 2.45) is 11.8 Å². The fraction of sp³-hybridized carbons (Fsp3) is 0.304. The third-order valence-electron chi connectivity index (χ3n) is 6.55. The van der Waals surface area contributed by atoms with Gasteiger partial charge in [0.1, 0.15) is 5.82 Å². The number of halogens is 1. The maximum absolute atomic E-state index is 13.7. The van der Waals surface area contributed by atoms with Gasteiger partial charge in [-0.25, -0.2) is 4.39 Å². The fourth-order valence-corrected chi connectivity index (χ4v) is 5.36. The zero-order chi connectivity index (χ0) is 19.7. The van der Waals surface area contributed by atoms with Gasteiger partial charge in [0.05, 0.1) is 30.7 Å². The van der Waals surface area contributed by atoms with Gasteiger partial charge in [-0.1, -0.05) is 30.4 Å². The zero-order valence-electron chi connectivity index (χ0n) is 15.4. The average molecular weight is 391 g/mol. The SMILES string of the molecule is O=C1[C@H]2OC[C@H](O2)[C@H]2[C@@H]1[C@@H]1C=Cc3ccccc3N1[C@@H]2C(=O)c1ccc(F)cc1. The zero-order valence-corrected chi connectivity index (χ0v) is 15.4. The first-order valence-electron chi connectivity index (χ1n) is 9.79. The van der Waals surface area contributed by atoms with Gasteiger partial charge in [0.2, 0.25) is 6.29 Å². The maximum atomic E-state index is 13.7. The smallest absolute Gasteiger partial charge is 0.218 e. The number of carbonyl (C=O) groups is 2. The highest BCUT2D eigenvalue weighted by Gasteiger charge is 2.63. The number of nitrogens with zero attached hydrogens (tertiary/aromatic N) is 1. The van der Waals surface area contributed by atoms with Gasteiger partial charge in [-0.05, 0) is 35.9 Å². The van der Waals surface area contributed by atoms with Crippen LogP contribution in [0.25, 0.3) is 6.08 Å². The summed E-state index contributed by atoms with van der Waals surface area (Å²) in [5, 5.41) is 0. The molecule has 6 rings (SSSR count). The van der Waals surface area contributed by atoms with Crippen LogP contribution in [0, 0.1) is 17.7 Å². The van der Waals surface area contributed by atoms with Crippen LogP contribution in [0.2, 0.25) is 0 Å². The topological polar surface area (TPSA) is 55.8 Å². The fourth-order valence-electron chi connectivity index (χ4n) is 5.36. The molecule has 0 N–H and O–H groups in total. The minimum absolute atomic E-state index is 0.0998. The molecule has 0 unspecified atom stereocenters. The molecule has 6 atom stereocenters. The second-order valence-corrected chi connectivity index (χ2v) is 7.98. The first-order valence-corrected chi connectivity index (χ1v) is 9.79. The Morgan fingerprint density at radius 2 is 1.90 bits per heavy atom. The number of ether oxygens (including phenoxy) is 2. The molecule has 0 amide bonds. The van der Waals surface area contributed by atoms with Crippen LogP contribution in [0.1, 0.15) is 15.9 Å². The molecule has 0 spiro atoms. The van der Waals surface area contributed by atoms with Crippen LogP contribution in [0.4, 0.5) is 10.1 Å². The third kappa shape index (κ3) is 2.33. The number of benzene rings is 2. The Hall–Kier alpha value is -2.83. The van der Waals surface area contributed by atoms with E-state index in [2.05, 4.69) is 4.90 Å². The van der Waals surface area contributed by atoms with Crippen LogP contribution in [0.15, 0.2) is 54.6 Å². The lowest BCUT2D eigenvalue weighted by molar-refractivity contribution is -0.163. The summed E-state index contributed by atoms with van der Waals surface area (Å²) < 4.78 is 24.8. The molecule has 2 bridgehead atoms. The van der Waals surface area contributed by atoms with E-state index in [0.717, 1.165) is 11.3 Å². The molecular formula is C23H18FNO4. The molecule has 4 aliphatic rings. The molecule has 3 saturated heterocycles. The molecular weight excluding hydrogens is 373 g/mol. The molecule has 4 aliphatic heterocycles. The minimum atomic E-state index is -0.839. The number of fused-ring (bicyclic) bond motifs is 8. The number of hydrogen-bond donors (Lipinski definition) is 0. The molecule has 0 aromatic heterocycles. The Kier molecular flexibility index (Phi) is 3.58. The highest BCUT2D eigenvalue weighted by atomic mass is 19.1. The average Bonchev–Trinajstić information content (AvgIpc) is 3.33. The lowest BCUT2D eigenvalue weighted by Crippen LogP contribution is -2.48. The Bertz CT molecular complexity index is 1050. The number of para-hydroxylation sites is 1. The number of carbonyl (C=O) groups excluding carboxylic acids is 2. The van der Waals surface area contributed by atoms with E-state index < -0.39 is 18.1 Å². The number of Topliss-reactive ketones (excluding diaryl/α,β-unsaturated/α-hetero) is 2.